The van der Waals surface area contributed by atoms with Gasteiger partial charge in [-0.15, -0.1) is 0 Å². The predicted molar refractivity (Wildman–Crippen MR) is 48.1 cm³/mol. The molecule has 1 amide bonds. The topological polar surface area (TPSA) is 81.2 Å². The summed E-state index contributed by atoms with van der Waals surface area (Å²) in [5, 5.41) is 6.15. The number of hydrogen-bond donors (Lipinski definition) is 2. The maximum atomic E-state index is 11.2. The first-order valence-corrected chi connectivity index (χ1v) is 4.13. The fourth-order valence-electron chi connectivity index (χ4n) is 0.830. The van der Waals surface area contributed by atoms with Crippen LogP contribution < -0.4 is 11.1 Å². The molecule has 5 nitrogen and oxygen atoms in total. The Bertz CT molecular complexity index is 295. The molecular formula is C8H13N3O2. The summed E-state index contributed by atoms with van der Waals surface area (Å²) >= 11 is 0. The number of nitrogens with zero attached hydrogens (tertiary/aromatic N) is 1. The normalized spacial score (nSPS) is 12.5. The predicted octanol–water partition coefficient (Wildman–Crippen LogP) is 0.659. The highest BCUT2D eigenvalue weighted by Gasteiger charge is 2.12. The van der Waals surface area contributed by atoms with Crippen molar-refractivity contribution in [2.45, 2.75) is 26.3 Å². The molecule has 72 valence electrons. The Labute approximate surface area is 76.3 Å². The number of aryl methyl sites for hydroxylation is 1. The van der Waals surface area contributed by atoms with Gasteiger partial charge in [0.25, 0.3) is 0 Å². The molecule has 0 aliphatic heterocycles. The molecule has 1 rings (SSSR count). The second-order valence-corrected chi connectivity index (χ2v) is 2.83. The van der Waals surface area contributed by atoms with Crippen LogP contribution in [0.2, 0.25) is 0 Å². The average molecular weight is 183 g/mol. The van der Waals surface area contributed by atoms with Crippen LogP contribution in [0.1, 0.15) is 19.1 Å². The number of rotatable bonds is 3. The molecule has 5 heteroatoms. The number of carbonyl (C=O) groups excluding carboxylic acids is 1. The number of nitrogens with two attached hydrogens (primary N) is 1. The van der Waals surface area contributed by atoms with Gasteiger partial charge in [-0.25, -0.2) is 0 Å². The minimum Gasteiger partial charge on any atom is -0.360 e. The zero-order chi connectivity index (χ0) is 9.84. The molecule has 0 spiro atoms. The van der Waals surface area contributed by atoms with E-state index in [2.05, 4.69) is 10.5 Å². The summed E-state index contributed by atoms with van der Waals surface area (Å²) < 4.78 is 4.77. The Kier molecular flexibility index (Phi) is 3.02. The van der Waals surface area contributed by atoms with Crippen molar-refractivity contribution >= 4 is 11.7 Å². The van der Waals surface area contributed by atoms with Crippen LogP contribution in [0.4, 0.5) is 5.82 Å². The summed E-state index contributed by atoms with van der Waals surface area (Å²) in [6, 6.07) is 1.15. The average Bonchev–Trinajstić information content (AvgIpc) is 2.49. The van der Waals surface area contributed by atoms with Crippen molar-refractivity contribution in [2.75, 3.05) is 5.32 Å². The first-order valence-electron chi connectivity index (χ1n) is 4.13. The first kappa shape index (κ1) is 9.73. The van der Waals surface area contributed by atoms with Gasteiger partial charge >= 0.3 is 0 Å². The van der Waals surface area contributed by atoms with E-state index >= 15 is 0 Å². The molecular weight excluding hydrogens is 170 g/mol. The molecule has 0 aliphatic carbocycles. The molecule has 0 bridgehead atoms. The van der Waals surface area contributed by atoms with Gasteiger partial charge in [0.1, 0.15) is 5.76 Å². The van der Waals surface area contributed by atoms with Crippen molar-refractivity contribution in [3.8, 4) is 0 Å². The zero-order valence-electron chi connectivity index (χ0n) is 7.70. The van der Waals surface area contributed by atoms with Crippen molar-refractivity contribution in [1.29, 1.82) is 0 Å². The fraction of sp³-hybridized carbons (Fsp3) is 0.500. The Hall–Kier alpha value is -1.36. The van der Waals surface area contributed by atoms with E-state index in [1.807, 2.05) is 6.92 Å². The third kappa shape index (κ3) is 2.55. The molecule has 0 saturated carbocycles. The molecule has 3 N–H and O–H groups in total. The molecule has 1 atom stereocenters. The van der Waals surface area contributed by atoms with Gasteiger partial charge in [0, 0.05) is 6.07 Å². The van der Waals surface area contributed by atoms with E-state index in [1.165, 1.54) is 0 Å². The van der Waals surface area contributed by atoms with E-state index in [0.29, 0.717) is 18.0 Å². The SMILES string of the molecule is CC[C@H](N)C(=O)Nc1cc(C)on1. The summed E-state index contributed by atoms with van der Waals surface area (Å²) in [7, 11) is 0. The largest absolute Gasteiger partial charge is 0.360 e. The highest BCUT2D eigenvalue weighted by atomic mass is 16.5. The Morgan fingerprint density at radius 1 is 1.85 bits per heavy atom. The van der Waals surface area contributed by atoms with Gasteiger partial charge in [-0.2, -0.15) is 0 Å². The maximum Gasteiger partial charge on any atom is 0.242 e. The van der Waals surface area contributed by atoms with Gasteiger partial charge in [-0.1, -0.05) is 12.1 Å². The summed E-state index contributed by atoms with van der Waals surface area (Å²) in [6.45, 7) is 3.60. The van der Waals surface area contributed by atoms with Crippen molar-refractivity contribution < 1.29 is 9.32 Å². The second-order valence-electron chi connectivity index (χ2n) is 2.83. The van der Waals surface area contributed by atoms with Crippen molar-refractivity contribution in [3.05, 3.63) is 11.8 Å². The number of anilines is 1. The van der Waals surface area contributed by atoms with Crippen LogP contribution in [0.25, 0.3) is 0 Å². The minimum absolute atomic E-state index is 0.240. The van der Waals surface area contributed by atoms with E-state index in [4.69, 9.17) is 10.3 Å². The van der Waals surface area contributed by atoms with Gasteiger partial charge in [0.15, 0.2) is 5.82 Å². The van der Waals surface area contributed by atoms with Crippen LogP contribution in [-0.2, 0) is 4.79 Å². The number of carbonyl (C=O) groups is 1. The summed E-state index contributed by atoms with van der Waals surface area (Å²) in [5.41, 5.74) is 5.50. The molecule has 1 heterocycles. The second kappa shape index (κ2) is 4.04. The summed E-state index contributed by atoms with van der Waals surface area (Å²) in [5.74, 6) is 0.822. The van der Waals surface area contributed by atoms with Crippen molar-refractivity contribution in [1.82, 2.24) is 5.16 Å². The highest BCUT2D eigenvalue weighted by Crippen LogP contribution is 2.07. The van der Waals surface area contributed by atoms with E-state index in [1.54, 1.807) is 13.0 Å². The molecule has 0 radical (unpaired) electrons. The summed E-state index contributed by atoms with van der Waals surface area (Å²) in [6.07, 6.45) is 0.600. The molecule has 0 aromatic carbocycles. The smallest absolute Gasteiger partial charge is 0.242 e. The third-order valence-corrected chi connectivity index (χ3v) is 1.66. The molecule has 0 unspecified atom stereocenters. The number of nitrogens with one attached hydrogen (secondary N) is 1. The van der Waals surface area contributed by atoms with Gasteiger partial charge in [0.05, 0.1) is 6.04 Å². The van der Waals surface area contributed by atoms with Crippen molar-refractivity contribution in [3.63, 3.8) is 0 Å². The molecule has 0 fully saturated rings. The maximum absolute atomic E-state index is 11.2. The van der Waals surface area contributed by atoms with E-state index in [-0.39, 0.29) is 5.91 Å². The van der Waals surface area contributed by atoms with E-state index in [9.17, 15) is 4.79 Å². The molecule has 13 heavy (non-hydrogen) atoms. The highest BCUT2D eigenvalue weighted by molar-refractivity contribution is 5.93. The van der Waals surface area contributed by atoms with Gasteiger partial charge in [-0.05, 0) is 13.3 Å². The van der Waals surface area contributed by atoms with Crippen LogP contribution in [-0.4, -0.2) is 17.1 Å². The van der Waals surface area contributed by atoms with Crippen LogP contribution >= 0.6 is 0 Å². The van der Waals surface area contributed by atoms with E-state index < -0.39 is 6.04 Å². The zero-order valence-corrected chi connectivity index (χ0v) is 7.70. The molecule has 1 aromatic rings. The van der Waals surface area contributed by atoms with Gasteiger partial charge in [-0.3, -0.25) is 4.79 Å². The molecule has 0 aliphatic rings. The van der Waals surface area contributed by atoms with E-state index in [0.717, 1.165) is 0 Å². The lowest BCUT2D eigenvalue weighted by atomic mass is 10.2. The quantitative estimate of drug-likeness (QED) is 0.721. The Morgan fingerprint density at radius 3 is 3.00 bits per heavy atom. The Morgan fingerprint density at radius 2 is 2.54 bits per heavy atom. The lowest BCUT2D eigenvalue weighted by molar-refractivity contribution is -0.117. The van der Waals surface area contributed by atoms with Crippen LogP contribution in [0.15, 0.2) is 10.6 Å². The van der Waals surface area contributed by atoms with Crippen LogP contribution in [0, 0.1) is 6.92 Å². The minimum atomic E-state index is -0.489. The third-order valence-electron chi connectivity index (χ3n) is 1.66. The fourth-order valence-corrected chi connectivity index (χ4v) is 0.830. The standard InChI is InChI=1S/C8H13N3O2/c1-3-6(9)8(12)10-7-4-5(2)13-11-7/h4,6H,3,9H2,1-2H3,(H,10,11,12)/t6-/m0/s1. The molecule has 1 aromatic heterocycles. The monoisotopic (exact) mass is 183 g/mol. The van der Waals surface area contributed by atoms with Gasteiger partial charge < -0.3 is 15.6 Å². The lowest BCUT2D eigenvalue weighted by Crippen LogP contribution is -2.34. The first-order chi connectivity index (χ1) is 6.13. The molecule has 0 saturated heterocycles. The number of amides is 1. The Balaban J connectivity index is 2.54. The number of hydrogen-bond acceptors (Lipinski definition) is 4. The lowest BCUT2D eigenvalue weighted by Gasteiger charge is -2.06. The summed E-state index contributed by atoms with van der Waals surface area (Å²) in [4.78, 5) is 11.2. The number of aromatic nitrogens is 1. The van der Waals surface area contributed by atoms with Crippen molar-refractivity contribution in [2.24, 2.45) is 5.73 Å². The van der Waals surface area contributed by atoms with Crippen LogP contribution in [0.5, 0.6) is 0 Å². The van der Waals surface area contributed by atoms with Crippen LogP contribution in [0.3, 0.4) is 0 Å². The van der Waals surface area contributed by atoms with Gasteiger partial charge in [0.2, 0.25) is 5.91 Å².